The molecule has 0 spiro atoms. The lowest BCUT2D eigenvalue weighted by Gasteiger charge is -2.53. The summed E-state index contributed by atoms with van der Waals surface area (Å²) in [6.45, 7) is 4.80. The van der Waals surface area contributed by atoms with Crippen LogP contribution in [0.3, 0.4) is 0 Å². The molecule has 148 valence electrons. The van der Waals surface area contributed by atoms with Gasteiger partial charge in [0, 0.05) is 25.6 Å². The molecule has 1 amide bonds. The van der Waals surface area contributed by atoms with Gasteiger partial charge in [-0.05, 0) is 69.6 Å². The van der Waals surface area contributed by atoms with Crippen LogP contribution in [0, 0.1) is 29.6 Å². The first-order valence-corrected chi connectivity index (χ1v) is 11.8. The van der Waals surface area contributed by atoms with Crippen LogP contribution in [0.1, 0.15) is 46.0 Å². The van der Waals surface area contributed by atoms with Crippen molar-refractivity contribution < 1.29 is 17.9 Å². The van der Waals surface area contributed by atoms with Crippen molar-refractivity contribution in [3.63, 3.8) is 0 Å². The van der Waals surface area contributed by atoms with Crippen molar-refractivity contribution in [3.05, 3.63) is 0 Å². The Hall–Kier alpha value is -0.660. The second-order valence-corrected chi connectivity index (χ2v) is 11.2. The number of nitrogens with zero attached hydrogens (tertiary/aromatic N) is 1. The third-order valence-corrected chi connectivity index (χ3v) is 8.77. The molecule has 4 bridgehead atoms. The van der Waals surface area contributed by atoms with E-state index in [1.165, 1.54) is 36.4 Å². The number of nitrogens with one attached hydrogen (secondary N) is 1. The number of carbonyl (C=O) groups excluding carboxylic acids is 1. The Kier molecular flexibility index (Phi) is 5.07. The van der Waals surface area contributed by atoms with E-state index in [1.54, 1.807) is 0 Å². The topological polar surface area (TPSA) is 75.7 Å². The minimum atomic E-state index is -3.36. The van der Waals surface area contributed by atoms with E-state index in [-0.39, 0.29) is 36.3 Å². The van der Waals surface area contributed by atoms with E-state index in [0.29, 0.717) is 24.9 Å². The number of hydrogen-bond acceptors (Lipinski definition) is 4. The molecule has 1 N–H and O–H groups in total. The number of morpholine rings is 1. The molecule has 0 aromatic carbocycles. The lowest BCUT2D eigenvalue weighted by atomic mass is 9.51. The molecule has 2 atom stereocenters. The minimum Gasteiger partial charge on any atom is -0.373 e. The predicted molar refractivity (Wildman–Crippen MR) is 98.9 cm³/mol. The molecule has 7 heteroatoms. The highest BCUT2D eigenvalue weighted by atomic mass is 32.2. The Labute approximate surface area is 157 Å². The van der Waals surface area contributed by atoms with Crippen LogP contribution in [0.4, 0.5) is 0 Å². The van der Waals surface area contributed by atoms with Crippen LogP contribution in [-0.4, -0.2) is 56.2 Å². The molecule has 0 radical (unpaired) electrons. The van der Waals surface area contributed by atoms with E-state index in [4.69, 9.17) is 4.74 Å². The average molecular weight is 385 g/mol. The second-order valence-electron chi connectivity index (χ2n) is 9.14. The zero-order valence-corrected chi connectivity index (χ0v) is 16.7. The SMILES string of the molecule is C[C@@H]1CN(S(=O)(=O)CCNC(=O)C2C3CC4CC(C3)CC2C4)C[C@H](C)O1. The van der Waals surface area contributed by atoms with E-state index >= 15 is 0 Å². The van der Waals surface area contributed by atoms with Crippen molar-refractivity contribution in [2.24, 2.45) is 29.6 Å². The van der Waals surface area contributed by atoms with Crippen LogP contribution in [-0.2, 0) is 19.6 Å². The van der Waals surface area contributed by atoms with Crippen LogP contribution < -0.4 is 5.32 Å². The first-order chi connectivity index (χ1) is 12.3. The molecule has 5 aliphatic rings. The van der Waals surface area contributed by atoms with E-state index in [0.717, 1.165) is 11.8 Å². The van der Waals surface area contributed by atoms with Gasteiger partial charge in [0.2, 0.25) is 15.9 Å². The summed E-state index contributed by atoms with van der Waals surface area (Å²) in [7, 11) is -3.36. The lowest BCUT2D eigenvalue weighted by molar-refractivity contribution is -0.138. The number of hydrogen-bond donors (Lipinski definition) is 1. The third-order valence-electron chi connectivity index (χ3n) is 6.97. The van der Waals surface area contributed by atoms with Crippen LogP contribution >= 0.6 is 0 Å². The molecular weight excluding hydrogens is 352 g/mol. The molecule has 1 heterocycles. The number of ether oxygens (including phenoxy) is 1. The number of carbonyl (C=O) groups is 1. The van der Waals surface area contributed by atoms with E-state index in [9.17, 15) is 13.2 Å². The summed E-state index contributed by atoms with van der Waals surface area (Å²) < 4.78 is 32.3. The van der Waals surface area contributed by atoms with Crippen molar-refractivity contribution in [1.29, 1.82) is 0 Å². The maximum Gasteiger partial charge on any atom is 0.223 e. The van der Waals surface area contributed by atoms with Gasteiger partial charge in [0.25, 0.3) is 0 Å². The van der Waals surface area contributed by atoms with Gasteiger partial charge >= 0.3 is 0 Å². The molecule has 0 unspecified atom stereocenters. The highest BCUT2D eigenvalue weighted by molar-refractivity contribution is 7.89. The van der Waals surface area contributed by atoms with Crippen LogP contribution in [0.15, 0.2) is 0 Å². The Morgan fingerprint density at radius 2 is 1.54 bits per heavy atom. The molecule has 5 rings (SSSR count). The zero-order chi connectivity index (χ0) is 18.5. The monoisotopic (exact) mass is 384 g/mol. The van der Waals surface area contributed by atoms with Gasteiger partial charge in [-0.3, -0.25) is 4.79 Å². The average Bonchev–Trinajstić information content (AvgIpc) is 2.52. The molecule has 4 aliphatic carbocycles. The smallest absolute Gasteiger partial charge is 0.223 e. The first-order valence-electron chi connectivity index (χ1n) is 10.2. The predicted octanol–water partition coefficient (Wildman–Crippen LogP) is 1.61. The summed E-state index contributed by atoms with van der Waals surface area (Å²) in [5.74, 6) is 2.93. The first kappa shape index (κ1) is 18.7. The Bertz CT molecular complexity index is 612. The van der Waals surface area contributed by atoms with E-state index in [2.05, 4.69) is 5.32 Å². The molecule has 5 fully saturated rings. The van der Waals surface area contributed by atoms with Crippen molar-refractivity contribution in [1.82, 2.24) is 9.62 Å². The minimum absolute atomic E-state index is 0.0223. The van der Waals surface area contributed by atoms with Crippen molar-refractivity contribution in [3.8, 4) is 0 Å². The largest absolute Gasteiger partial charge is 0.373 e. The molecule has 4 saturated carbocycles. The van der Waals surface area contributed by atoms with Gasteiger partial charge in [0.1, 0.15) is 0 Å². The van der Waals surface area contributed by atoms with E-state index < -0.39 is 10.0 Å². The molecule has 6 nitrogen and oxygen atoms in total. The van der Waals surface area contributed by atoms with Crippen LogP contribution in [0.25, 0.3) is 0 Å². The van der Waals surface area contributed by atoms with Gasteiger partial charge in [0.15, 0.2) is 0 Å². The lowest BCUT2D eigenvalue weighted by Crippen LogP contribution is -2.52. The Morgan fingerprint density at radius 1 is 1.00 bits per heavy atom. The van der Waals surface area contributed by atoms with Gasteiger partial charge < -0.3 is 10.1 Å². The van der Waals surface area contributed by atoms with Gasteiger partial charge in [-0.2, -0.15) is 4.31 Å². The molecular formula is C19H32N2O4S. The van der Waals surface area contributed by atoms with Crippen LogP contribution in [0.2, 0.25) is 0 Å². The summed E-state index contributed by atoms with van der Waals surface area (Å²) in [5.41, 5.74) is 0. The highest BCUT2D eigenvalue weighted by Crippen LogP contribution is 2.56. The normalized spacial score (nSPS) is 42.8. The summed E-state index contributed by atoms with van der Waals surface area (Å²) >= 11 is 0. The Morgan fingerprint density at radius 3 is 2.08 bits per heavy atom. The second kappa shape index (κ2) is 7.06. The maximum atomic E-state index is 12.8. The summed E-state index contributed by atoms with van der Waals surface area (Å²) in [6.07, 6.45) is 6.00. The fourth-order valence-electron chi connectivity index (χ4n) is 6.26. The molecule has 1 aliphatic heterocycles. The van der Waals surface area contributed by atoms with Crippen LogP contribution in [0.5, 0.6) is 0 Å². The summed E-state index contributed by atoms with van der Waals surface area (Å²) in [4.78, 5) is 12.8. The summed E-state index contributed by atoms with van der Waals surface area (Å²) in [6, 6.07) is 0. The molecule has 26 heavy (non-hydrogen) atoms. The quantitative estimate of drug-likeness (QED) is 0.781. The van der Waals surface area contributed by atoms with Gasteiger partial charge in [-0.1, -0.05) is 0 Å². The number of amides is 1. The van der Waals surface area contributed by atoms with Gasteiger partial charge in [-0.25, -0.2) is 8.42 Å². The third kappa shape index (κ3) is 3.67. The van der Waals surface area contributed by atoms with Crippen molar-refractivity contribution in [2.75, 3.05) is 25.4 Å². The number of rotatable bonds is 5. The maximum absolute atomic E-state index is 12.8. The molecule has 1 saturated heterocycles. The summed E-state index contributed by atoms with van der Waals surface area (Å²) in [5, 5.41) is 2.95. The fraction of sp³-hybridized carbons (Fsp3) is 0.947. The van der Waals surface area contributed by atoms with Crippen molar-refractivity contribution >= 4 is 15.9 Å². The Balaban J connectivity index is 1.30. The fourth-order valence-corrected chi connectivity index (χ4v) is 7.75. The van der Waals surface area contributed by atoms with Gasteiger partial charge in [0.05, 0.1) is 18.0 Å². The highest BCUT2D eigenvalue weighted by Gasteiger charge is 2.50. The molecule has 0 aromatic heterocycles. The van der Waals surface area contributed by atoms with E-state index in [1.807, 2.05) is 13.8 Å². The van der Waals surface area contributed by atoms with Gasteiger partial charge in [-0.15, -0.1) is 0 Å². The standard InChI is InChI=1S/C19H32N2O4S/c1-12-10-21(11-13(2)25-12)26(23,24)4-3-20-19(22)18-16-6-14-5-15(8-16)9-17(18)7-14/h12-18H,3-11H2,1-2H3,(H,20,22)/t12-,13+,14?,15?,16?,17?,18?. The number of sulfonamides is 1. The molecule has 0 aromatic rings. The van der Waals surface area contributed by atoms with Crippen molar-refractivity contribution in [2.45, 2.75) is 58.2 Å². The zero-order valence-electron chi connectivity index (χ0n) is 15.9.